The number of hydrogen-bond acceptors (Lipinski definition) is 4. The van der Waals surface area contributed by atoms with Crippen LogP contribution in [0, 0.1) is 0 Å². The van der Waals surface area contributed by atoms with E-state index in [1.165, 1.54) is 54.9 Å². The summed E-state index contributed by atoms with van der Waals surface area (Å²) in [7, 11) is 0. The first-order valence-electron chi connectivity index (χ1n) is 24.0. The number of para-hydroxylation sites is 4. The number of rotatable bonds is 6. The van der Waals surface area contributed by atoms with Gasteiger partial charge in [-0.05, 0) is 69.8 Å². The van der Waals surface area contributed by atoms with Crippen molar-refractivity contribution in [2.45, 2.75) is 11.8 Å². The molecule has 6 nitrogen and oxygen atoms in total. The molecule has 0 radical (unpaired) electrons. The molecule has 2 bridgehead atoms. The smallest absolute Gasteiger partial charge is 0.162 e. The van der Waals surface area contributed by atoms with Crippen LogP contribution in [0.15, 0.2) is 231 Å². The van der Waals surface area contributed by atoms with Gasteiger partial charge in [0.15, 0.2) is 11.6 Å². The van der Waals surface area contributed by atoms with Crippen molar-refractivity contribution >= 4 is 43.6 Å². The molecule has 2 atom stereocenters. The van der Waals surface area contributed by atoms with E-state index in [0.29, 0.717) is 11.6 Å². The molecular weight excluding hydrogens is 853 g/mol. The standard InChI is InChI=1S/C64H40N6/c1-3-17-39(18-4-1)53-37-59(69-55-27-13-9-21-43(55)44-22-10-14-28-56(44)69)67-63(65-53)41-31-33-49-51(35-41)61-47-25-7-8-26-48(47)62(49)52-36-42(32-34-50(52)61)64-66-54(40-19-5-2-6-20-40)38-60(68-64)70-57-29-15-11-23-45(57)46-24-12-16-30-58(46)70/h1-38,61-62H. The number of hydrogen-bond donors (Lipinski definition) is 0. The van der Waals surface area contributed by atoms with E-state index in [9.17, 15) is 0 Å². The Bertz CT molecular complexity index is 3880. The van der Waals surface area contributed by atoms with Crippen LogP contribution in [0.5, 0.6) is 0 Å². The van der Waals surface area contributed by atoms with E-state index in [-0.39, 0.29) is 11.8 Å². The summed E-state index contributed by atoms with van der Waals surface area (Å²) in [4.78, 5) is 21.6. The minimum absolute atomic E-state index is 0.0269. The molecule has 0 fully saturated rings. The Morgan fingerprint density at radius 1 is 0.257 bits per heavy atom. The highest BCUT2D eigenvalue weighted by Gasteiger charge is 2.41. The molecule has 4 heterocycles. The van der Waals surface area contributed by atoms with Gasteiger partial charge in [0, 0.05) is 67.8 Å². The summed E-state index contributed by atoms with van der Waals surface area (Å²) >= 11 is 0. The van der Waals surface area contributed by atoms with Crippen molar-refractivity contribution in [3.05, 3.63) is 264 Å². The van der Waals surface area contributed by atoms with E-state index in [1.807, 2.05) is 0 Å². The lowest BCUT2D eigenvalue weighted by Gasteiger charge is -2.42. The van der Waals surface area contributed by atoms with Crippen molar-refractivity contribution in [2.24, 2.45) is 0 Å². The fourth-order valence-electron chi connectivity index (χ4n) is 11.7. The van der Waals surface area contributed by atoms with Crippen molar-refractivity contribution in [2.75, 3.05) is 0 Å². The quantitative estimate of drug-likeness (QED) is 0.167. The van der Waals surface area contributed by atoms with Crippen molar-refractivity contribution in [1.82, 2.24) is 29.1 Å². The van der Waals surface area contributed by atoms with Crippen molar-refractivity contribution in [1.29, 1.82) is 0 Å². The van der Waals surface area contributed by atoms with Gasteiger partial charge in [-0.1, -0.05) is 182 Å². The molecule has 0 spiro atoms. The summed E-state index contributed by atoms with van der Waals surface area (Å²) in [5, 5.41) is 4.79. The summed E-state index contributed by atoms with van der Waals surface area (Å²) in [6, 6.07) is 82.4. The average molecular weight is 893 g/mol. The maximum absolute atomic E-state index is 5.44. The van der Waals surface area contributed by atoms with Gasteiger partial charge in [0.1, 0.15) is 11.6 Å². The molecule has 9 aromatic carbocycles. The molecule has 16 rings (SSSR count). The summed E-state index contributed by atoms with van der Waals surface area (Å²) < 4.78 is 4.58. The van der Waals surface area contributed by atoms with Crippen LogP contribution in [0.4, 0.5) is 0 Å². The van der Waals surface area contributed by atoms with Gasteiger partial charge in [0.05, 0.1) is 33.5 Å². The molecule has 326 valence electrons. The van der Waals surface area contributed by atoms with Crippen LogP contribution in [0.25, 0.3) is 101 Å². The second-order valence-electron chi connectivity index (χ2n) is 18.5. The Morgan fingerprint density at radius 3 is 0.971 bits per heavy atom. The molecular formula is C64H40N6. The minimum atomic E-state index is 0.0269. The third-order valence-electron chi connectivity index (χ3n) is 14.7. The molecule has 2 unspecified atom stereocenters. The number of nitrogens with zero attached hydrogens (tertiary/aromatic N) is 6. The summed E-state index contributed by atoms with van der Waals surface area (Å²) in [5.41, 5.74) is 18.2. The van der Waals surface area contributed by atoms with E-state index in [4.69, 9.17) is 19.9 Å². The predicted molar refractivity (Wildman–Crippen MR) is 283 cm³/mol. The lowest BCUT2D eigenvalue weighted by molar-refractivity contribution is 0.754. The minimum Gasteiger partial charge on any atom is -0.294 e. The molecule has 13 aromatic rings. The molecule has 0 N–H and O–H groups in total. The lowest BCUT2D eigenvalue weighted by Crippen LogP contribution is -2.27. The van der Waals surface area contributed by atoms with Gasteiger partial charge < -0.3 is 0 Å². The Hall–Kier alpha value is -9.26. The van der Waals surface area contributed by atoms with Gasteiger partial charge in [-0.15, -0.1) is 0 Å². The van der Waals surface area contributed by atoms with Crippen LogP contribution in [-0.2, 0) is 0 Å². The second-order valence-corrected chi connectivity index (χ2v) is 18.5. The third kappa shape index (κ3) is 5.80. The maximum Gasteiger partial charge on any atom is 0.162 e. The number of aromatic nitrogens is 6. The van der Waals surface area contributed by atoms with Crippen LogP contribution < -0.4 is 0 Å². The van der Waals surface area contributed by atoms with Crippen molar-refractivity contribution < 1.29 is 0 Å². The molecule has 3 aliphatic rings. The molecule has 6 heteroatoms. The lowest BCUT2D eigenvalue weighted by atomic mass is 9.61. The molecule has 0 amide bonds. The summed E-state index contributed by atoms with van der Waals surface area (Å²) in [5.74, 6) is 3.12. The monoisotopic (exact) mass is 892 g/mol. The van der Waals surface area contributed by atoms with Gasteiger partial charge in [0.2, 0.25) is 0 Å². The fourth-order valence-corrected chi connectivity index (χ4v) is 11.7. The highest BCUT2D eigenvalue weighted by molar-refractivity contribution is 6.10. The SMILES string of the molecule is c1ccc(-c2cc(-n3c4ccccc4c4ccccc43)nc(-c3ccc4c(c3)C3c5ccccc5C4c4cc(-c5nc(-c6ccccc6)cc(-n6c7ccccc7c7ccccc76)n5)ccc43)n2)cc1. The van der Waals surface area contributed by atoms with Gasteiger partial charge >= 0.3 is 0 Å². The van der Waals surface area contributed by atoms with Crippen LogP contribution in [0.1, 0.15) is 45.2 Å². The molecule has 0 saturated carbocycles. The van der Waals surface area contributed by atoms with Crippen LogP contribution in [-0.4, -0.2) is 29.1 Å². The Balaban J connectivity index is 0.891. The number of fused-ring (bicyclic) bond motifs is 6. The Kier molecular flexibility index (Phi) is 8.38. The van der Waals surface area contributed by atoms with Gasteiger partial charge in [-0.2, -0.15) is 0 Å². The highest BCUT2D eigenvalue weighted by atomic mass is 15.1. The van der Waals surface area contributed by atoms with Crippen LogP contribution >= 0.6 is 0 Å². The molecule has 0 saturated heterocycles. The van der Waals surface area contributed by atoms with E-state index in [1.54, 1.807) is 0 Å². The Labute approximate surface area is 403 Å². The molecule has 4 aromatic heterocycles. The molecule has 3 aliphatic carbocycles. The van der Waals surface area contributed by atoms with E-state index >= 15 is 0 Å². The first-order valence-corrected chi connectivity index (χ1v) is 24.0. The highest BCUT2D eigenvalue weighted by Crippen LogP contribution is 2.56. The normalized spacial score (nSPS) is 14.6. The Morgan fingerprint density at radius 2 is 0.586 bits per heavy atom. The molecule has 0 aliphatic heterocycles. The van der Waals surface area contributed by atoms with Gasteiger partial charge in [0.25, 0.3) is 0 Å². The van der Waals surface area contributed by atoms with E-state index in [0.717, 1.165) is 67.3 Å². The van der Waals surface area contributed by atoms with Gasteiger partial charge in [-0.3, -0.25) is 9.13 Å². The maximum atomic E-state index is 5.44. The zero-order valence-electron chi connectivity index (χ0n) is 37.8. The third-order valence-corrected chi connectivity index (χ3v) is 14.7. The van der Waals surface area contributed by atoms with E-state index < -0.39 is 0 Å². The molecule has 70 heavy (non-hydrogen) atoms. The number of benzene rings is 9. The first-order chi connectivity index (χ1) is 34.7. The summed E-state index contributed by atoms with van der Waals surface area (Å²) in [6.07, 6.45) is 0. The summed E-state index contributed by atoms with van der Waals surface area (Å²) in [6.45, 7) is 0. The van der Waals surface area contributed by atoms with Crippen molar-refractivity contribution in [3.63, 3.8) is 0 Å². The van der Waals surface area contributed by atoms with Crippen LogP contribution in [0.3, 0.4) is 0 Å². The van der Waals surface area contributed by atoms with Gasteiger partial charge in [-0.25, -0.2) is 19.9 Å². The topological polar surface area (TPSA) is 61.4 Å². The van der Waals surface area contributed by atoms with Crippen molar-refractivity contribution in [3.8, 4) is 56.9 Å². The zero-order valence-corrected chi connectivity index (χ0v) is 37.8. The largest absolute Gasteiger partial charge is 0.294 e. The second kappa shape index (κ2) is 15.1. The van der Waals surface area contributed by atoms with Crippen LogP contribution in [0.2, 0.25) is 0 Å². The average Bonchev–Trinajstić information content (AvgIpc) is 3.96. The first kappa shape index (κ1) is 38.8. The fraction of sp³-hybridized carbons (Fsp3) is 0.0312. The van der Waals surface area contributed by atoms with E-state index in [2.05, 4.69) is 240 Å². The zero-order chi connectivity index (χ0) is 45.9. The predicted octanol–water partition coefficient (Wildman–Crippen LogP) is 15.1.